The number of rotatable bonds is 9. The van der Waals surface area contributed by atoms with Crippen molar-refractivity contribution in [2.45, 2.75) is 52.0 Å². The third-order valence-electron chi connectivity index (χ3n) is 5.39. The fourth-order valence-corrected chi connectivity index (χ4v) is 5.02. The van der Waals surface area contributed by atoms with Crippen LogP contribution in [0.5, 0.6) is 0 Å². The van der Waals surface area contributed by atoms with Crippen molar-refractivity contribution < 1.29 is 9.59 Å². The van der Waals surface area contributed by atoms with Crippen LogP contribution in [0.2, 0.25) is 0 Å². The Bertz CT molecular complexity index is 933. The Morgan fingerprint density at radius 1 is 1.20 bits per heavy atom. The van der Waals surface area contributed by atoms with Gasteiger partial charge in [0.05, 0.1) is 11.6 Å². The summed E-state index contributed by atoms with van der Waals surface area (Å²) in [6.07, 6.45) is 4.15. The smallest absolute Gasteiger partial charge is 0.241 e. The summed E-state index contributed by atoms with van der Waals surface area (Å²) in [5.74, 6) is -0.209. The second-order valence-electron chi connectivity index (χ2n) is 7.54. The number of hydrogen-bond acceptors (Lipinski definition) is 5. The van der Waals surface area contributed by atoms with Crippen LogP contribution in [-0.4, -0.2) is 35.8 Å². The molecule has 0 saturated heterocycles. The summed E-state index contributed by atoms with van der Waals surface area (Å²) in [5.41, 5.74) is 2.50. The summed E-state index contributed by atoms with van der Waals surface area (Å²) in [5, 5.41) is 16.0. The topological polar surface area (TPSA) is 85.2 Å². The molecule has 1 aliphatic rings. The molecule has 0 spiro atoms. The monoisotopic (exact) mass is 424 g/mol. The molecule has 0 aliphatic heterocycles. The number of amides is 2. The maximum absolute atomic E-state index is 12.6. The van der Waals surface area contributed by atoms with Crippen molar-refractivity contribution in [1.82, 2.24) is 4.90 Å². The first-order valence-electron chi connectivity index (χ1n) is 10.5. The number of hydrogen-bond donors (Lipinski definition) is 2. The van der Waals surface area contributed by atoms with Gasteiger partial charge in [-0.1, -0.05) is 25.1 Å². The van der Waals surface area contributed by atoms with Gasteiger partial charge in [0.15, 0.2) is 0 Å². The highest BCUT2D eigenvalue weighted by atomic mass is 32.1. The quantitative estimate of drug-likeness (QED) is 0.632. The van der Waals surface area contributed by atoms with Gasteiger partial charge in [-0.2, -0.15) is 5.26 Å². The molecule has 0 radical (unpaired) electrons. The second-order valence-corrected chi connectivity index (χ2v) is 8.64. The number of carbonyl (C=O) groups excluding carboxylic acids is 2. The van der Waals surface area contributed by atoms with Gasteiger partial charge in [-0.05, 0) is 56.8 Å². The van der Waals surface area contributed by atoms with Crippen LogP contribution < -0.4 is 10.6 Å². The maximum Gasteiger partial charge on any atom is 0.241 e. The number of aryl methyl sites for hydroxylation is 1. The zero-order valence-electron chi connectivity index (χ0n) is 17.5. The number of anilines is 2. The van der Waals surface area contributed by atoms with Crippen LogP contribution in [0.3, 0.4) is 0 Å². The number of nitriles is 1. The number of benzene rings is 1. The molecule has 2 amide bonds. The molecular weight excluding hydrogens is 396 g/mol. The van der Waals surface area contributed by atoms with E-state index < -0.39 is 0 Å². The van der Waals surface area contributed by atoms with E-state index in [-0.39, 0.29) is 24.3 Å². The summed E-state index contributed by atoms with van der Waals surface area (Å²) in [6.45, 7) is 5.13. The molecular formula is C23H28N4O2S. The van der Waals surface area contributed by atoms with E-state index in [9.17, 15) is 14.9 Å². The largest absolute Gasteiger partial charge is 0.325 e. The zero-order valence-corrected chi connectivity index (χ0v) is 18.3. The highest BCUT2D eigenvalue weighted by Gasteiger charge is 2.24. The Morgan fingerprint density at radius 3 is 2.67 bits per heavy atom. The summed E-state index contributed by atoms with van der Waals surface area (Å²) >= 11 is 1.53. The Kier molecular flexibility index (Phi) is 7.61. The van der Waals surface area contributed by atoms with E-state index in [1.807, 2.05) is 42.2 Å². The average Bonchev–Trinajstić information content (AvgIpc) is 3.32. The molecule has 0 saturated carbocycles. The molecule has 6 nitrogen and oxygen atoms in total. The van der Waals surface area contributed by atoms with Crippen LogP contribution in [0.15, 0.2) is 30.3 Å². The van der Waals surface area contributed by atoms with E-state index in [0.717, 1.165) is 43.5 Å². The molecule has 1 atom stereocenters. The van der Waals surface area contributed by atoms with Gasteiger partial charge in [0, 0.05) is 23.5 Å². The number of thiophene rings is 1. The maximum atomic E-state index is 12.6. The lowest BCUT2D eigenvalue weighted by molar-refractivity contribution is -0.122. The van der Waals surface area contributed by atoms with Crippen LogP contribution in [0, 0.1) is 11.3 Å². The molecule has 2 aromatic rings. The van der Waals surface area contributed by atoms with E-state index in [2.05, 4.69) is 23.6 Å². The molecule has 3 rings (SSSR count). The standard InChI is InChI=1S/C23H28N4O2S/c1-3-13-27(16(2)22(29)25-17-8-5-4-6-9-17)14-12-21(28)26-23-19(15-24)18-10-7-11-20(18)30-23/h4-6,8-9,16H,3,7,10-14H2,1-2H3,(H,25,29)(H,26,28). The van der Waals surface area contributed by atoms with Gasteiger partial charge in [-0.3, -0.25) is 14.5 Å². The highest BCUT2D eigenvalue weighted by Crippen LogP contribution is 2.38. The first kappa shape index (κ1) is 22.0. The van der Waals surface area contributed by atoms with E-state index >= 15 is 0 Å². The minimum atomic E-state index is -0.349. The SMILES string of the molecule is CCCN(CCC(=O)Nc1sc2c(c1C#N)CCC2)C(C)C(=O)Nc1ccccc1. The first-order chi connectivity index (χ1) is 14.5. The lowest BCUT2D eigenvalue weighted by Gasteiger charge is -2.27. The van der Waals surface area contributed by atoms with Gasteiger partial charge in [0.25, 0.3) is 0 Å². The Hall–Kier alpha value is -2.69. The number of nitrogens with one attached hydrogen (secondary N) is 2. The first-order valence-corrected chi connectivity index (χ1v) is 11.3. The summed E-state index contributed by atoms with van der Waals surface area (Å²) in [4.78, 5) is 28.4. The van der Waals surface area contributed by atoms with E-state index in [1.54, 1.807) is 0 Å². The normalized spacial score (nSPS) is 13.5. The van der Waals surface area contributed by atoms with Crippen LogP contribution in [0.1, 0.15) is 49.1 Å². The van der Waals surface area contributed by atoms with Crippen LogP contribution in [0.4, 0.5) is 10.7 Å². The van der Waals surface area contributed by atoms with Crippen LogP contribution in [-0.2, 0) is 22.4 Å². The predicted molar refractivity (Wildman–Crippen MR) is 121 cm³/mol. The summed E-state index contributed by atoms with van der Waals surface area (Å²) in [7, 11) is 0. The van der Waals surface area contributed by atoms with Crippen molar-refractivity contribution in [2.75, 3.05) is 23.7 Å². The fourth-order valence-electron chi connectivity index (χ4n) is 3.77. The van der Waals surface area contributed by atoms with Crippen molar-refractivity contribution in [2.24, 2.45) is 0 Å². The molecule has 158 valence electrons. The molecule has 30 heavy (non-hydrogen) atoms. The minimum absolute atomic E-state index is 0.0866. The summed E-state index contributed by atoms with van der Waals surface area (Å²) < 4.78 is 0. The van der Waals surface area contributed by atoms with Gasteiger partial charge < -0.3 is 10.6 Å². The Labute approximate surface area is 181 Å². The highest BCUT2D eigenvalue weighted by molar-refractivity contribution is 7.16. The van der Waals surface area contributed by atoms with Gasteiger partial charge in [0.2, 0.25) is 11.8 Å². The summed E-state index contributed by atoms with van der Waals surface area (Å²) in [6, 6.07) is 11.3. The predicted octanol–water partition coefficient (Wildman–Crippen LogP) is 4.18. The minimum Gasteiger partial charge on any atom is -0.325 e. The molecule has 0 bridgehead atoms. The number of carbonyl (C=O) groups is 2. The van der Waals surface area contributed by atoms with E-state index in [0.29, 0.717) is 17.1 Å². The number of nitrogens with zero attached hydrogens (tertiary/aromatic N) is 2. The van der Waals surface area contributed by atoms with E-state index in [4.69, 9.17) is 0 Å². The molecule has 1 aliphatic carbocycles. The van der Waals surface area contributed by atoms with Crippen LogP contribution in [0.25, 0.3) is 0 Å². The molecule has 7 heteroatoms. The van der Waals surface area contributed by atoms with E-state index in [1.165, 1.54) is 16.2 Å². The third kappa shape index (κ3) is 5.26. The van der Waals surface area contributed by atoms with Crippen molar-refractivity contribution in [3.05, 3.63) is 46.3 Å². The second kappa shape index (κ2) is 10.4. The third-order valence-corrected chi connectivity index (χ3v) is 6.60. The molecule has 1 aromatic carbocycles. The Balaban J connectivity index is 1.57. The van der Waals surface area contributed by atoms with Gasteiger partial charge in [-0.25, -0.2) is 0 Å². The molecule has 1 unspecified atom stereocenters. The van der Waals surface area contributed by atoms with Crippen molar-refractivity contribution in [3.8, 4) is 6.07 Å². The molecule has 1 aromatic heterocycles. The lowest BCUT2D eigenvalue weighted by Crippen LogP contribution is -2.43. The van der Waals surface area contributed by atoms with Crippen molar-refractivity contribution in [1.29, 1.82) is 5.26 Å². The van der Waals surface area contributed by atoms with Gasteiger partial charge in [-0.15, -0.1) is 11.3 Å². The van der Waals surface area contributed by atoms with Gasteiger partial charge in [0.1, 0.15) is 11.1 Å². The Morgan fingerprint density at radius 2 is 1.97 bits per heavy atom. The number of fused-ring (bicyclic) bond motifs is 1. The molecule has 0 fully saturated rings. The lowest BCUT2D eigenvalue weighted by atomic mass is 10.1. The van der Waals surface area contributed by atoms with Crippen molar-refractivity contribution >= 4 is 33.8 Å². The molecule has 1 heterocycles. The van der Waals surface area contributed by atoms with Gasteiger partial charge >= 0.3 is 0 Å². The number of para-hydroxylation sites is 1. The zero-order chi connectivity index (χ0) is 21.5. The fraction of sp³-hybridized carbons (Fsp3) is 0.435. The van der Waals surface area contributed by atoms with Crippen LogP contribution >= 0.6 is 11.3 Å². The molecule has 2 N–H and O–H groups in total. The average molecular weight is 425 g/mol. The van der Waals surface area contributed by atoms with Crippen molar-refractivity contribution in [3.63, 3.8) is 0 Å².